The molecule has 3 aromatic rings. The maximum Gasteiger partial charge on any atom is 0.243 e. The fraction of sp³-hybridized carbons (Fsp3) is 0.0952. The average molecular weight is 573 g/mol. The van der Waals surface area contributed by atoms with E-state index in [4.69, 9.17) is 11.6 Å². The van der Waals surface area contributed by atoms with Crippen LogP contribution in [0.25, 0.3) is 0 Å². The zero-order chi connectivity index (χ0) is 21.7. The molecule has 0 bridgehead atoms. The number of nitrogens with zero attached hydrogens (tertiary/aromatic N) is 1. The first-order chi connectivity index (χ1) is 14.3. The van der Waals surface area contributed by atoms with Crippen molar-refractivity contribution < 1.29 is 13.2 Å². The number of nitrogens with one attached hydrogen (secondary N) is 1. The average Bonchev–Trinajstić information content (AvgIpc) is 2.71. The summed E-state index contributed by atoms with van der Waals surface area (Å²) in [6.45, 7) is -0.302. The van der Waals surface area contributed by atoms with Crippen molar-refractivity contribution in [3.8, 4) is 0 Å². The molecule has 0 saturated heterocycles. The van der Waals surface area contributed by atoms with E-state index >= 15 is 0 Å². The van der Waals surface area contributed by atoms with Crippen molar-refractivity contribution in [3.63, 3.8) is 0 Å². The smallest absolute Gasteiger partial charge is 0.243 e. The molecule has 0 spiro atoms. The molecular weight excluding hydrogens is 556 g/mol. The van der Waals surface area contributed by atoms with Crippen LogP contribution in [0.1, 0.15) is 5.56 Å². The van der Waals surface area contributed by atoms with E-state index in [9.17, 15) is 13.2 Å². The van der Waals surface area contributed by atoms with Crippen molar-refractivity contribution in [1.82, 2.24) is 4.31 Å². The van der Waals surface area contributed by atoms with Crippen LogP contribution in [0, 0.1) is 0 Å². The van der Waals surface area contributed by atoms with Crippen LogP contribution >= 0.6 is 43.5 Å². The molecule has 1 N–H and O–H groups in total. The fourth-order valence-corrected chi connectivity index (χ4v) is 4.85. The molecule has 0 heterocycles. The van der Waals surface area contributed by atoms with Gasteiger partial charge in [0.1, 0.15) is 0 Å². The van der Waals surface area contributed by atoms with E-state index in [1.165, 1.54) is 24.3 Å². The second-order valence-electron chi connectivity index (χ2n) is 6.38. The van der Waals surface area contributed by atoms with Crippen molar-refractivity contribution >= 4 is 65.1 Å². The van der Waals surface area contributed by atoms with Gasteiger partial charge in [0.05, 0.1) is 17.1 Å². The lowest BCUT2D eigenvalue weighted by atomic mass is 10.2. The number of amides is 1. The standard InChI is InChI=1S/C21H17Br2ClN2O3S/c22-16-7-5-15(6-8-16)13-26(30(28,29)18-11-9-17(24)10-12-18)14-21(27)25-20-4-2-1-3-19(20)23/h1-12H,13-14H2,(H,25,27). The highest BCUT2D eigenvalue weighted by molar-refractivity contribution is 9.10. The molecule has 0 unspecified atom stereocenters. The van der Waals surface area contributed by atoms with Gasteiger partial charge < -0.3 is 5.32 Å². The molecule has 0 atom stereocenters. The van der Waals surface area contributed by atoms with E-state index in [1.54, 1.807) is 30.3 Å². The Balaban J connectivity index is 1.88. The van der Waals surface area contributed by atoms with Gasteiger partial charge in [-0.05, 0) is 70.0 Å². The minimum absolute atomic E-state index is 0.0433. The second-order valence-corrected chi connectivity index (χ2v) is 10.5. The first-order valence-electron chi connectivity index (χ1n) is 8.80. The van der Waals surface area contributed by atoms with Gasteiger partial charge in [-0.25, -0.2) is 8.42 Å². The Kier molecular flexibility index (Phi) is 7.70. The predicted octanol–water partition coefficient (Wildman–Crippen LogP) is 5.69. The van der Waals surface area contributed by atoms with Gasteiger partial charge >= 0.3 is 0 Å². The van der Waals surface area contributed by atoms with Crippen molar-refractivity contribution in [2.75, 3.05) is 11.9 Å². The summed E-state index contributed by atoms with van der Waals surface area (Å²) < 4.78 is 29.2. The minimum Gasteiger partial charge on any atom is -0.324 e. The summed E-state index contributed by atoms with van der Waals surface area (Å²) in [5.74, 6) is -0.448. The summed E-state index contributed by atoms with van der Waals surface area (Å²) in [7, 11) is -3.93. The van der Waals surface area contributed by atoms with Crippen molar-refractivity contribution in [2.45, 2.75) is 11.4 Å². The van der Waals surface area contributed by atoms with Crippen LogP contribution in [0.2, 0.25) is 5.02 Å². The third-order valence-electron chi connectivity index (χ3n) is 4.19. The van der Waals surface area contributed by atoms with Gasteiger partial charge in [0.25, 0.3) is 0 Å². The van der Waals surface area contributed by atoms with E-state index in [-0.39, 0.29) is 18.0 Å². The first kappa shape index (κ1) is 23.0. The number of hydrogen-bond acceptors (Lipinski definition) is 3. The molecule has 0 aromatic heterocycles. The lowest BCUT2D eigenvalue weighted by Crippen LogP contribution is -2.37. The van der Waals surface area contributed by atoms with E-state index in [2.05, 4.69) is 37.2 Å². The number of halogens is 3. The Bertz CT molecular complexity index is 1140. The van der Waals surface area contributed by atoms with E-state index in [1.807, 2.05) is 18.2 Å². The summed E-state index contributed by atoms with van der Waals surface area (Å²) in [4.78, 5) is 12.8. The van der Waals surface area contributed by atoms with Crippen LogP contribution in [0.3, 0.4) is 0 Å². The largest absolute Gasteiger partial charge is 0.324 e. The van der Waals surface area contributed by atoms with Gasteiger partial charge in [-0.15, -0.1) is 0 Å². The first-order valence-corrected chi connectivity index (χ1v) is 12.2. The summed E-state index contributed by atoms with van der Waals surface area (Å²) in [6.07, 6.45) is 0. The lowest BCUT2D eigenvalue weighted by Gasteiger charge is -2.22. The van der Waals surface area contributed by atoms with Crippen LogP contribution in [-0.2, 0) is 21.4 Å². The molecule has 3 rings (SSSR count). The molecular formula is C21H17Br2ClN2O3S. The normalized spacial score (nSPS) is 11.5. The quantitative estimate of drug-likeness (QED) is 0.395. The Morgan fingerprint density at radius 3 is 2.20 bits per heavy atom. The molecule has 0 aliphatic rings. The number of hydrogen-bond donors (Lipinski definition) is 1. The number of sulfonamides is 1. The van der Waals surface area contributed by atoms with Crippen LogP contribution in [-0.4, -0.2) is 25.2 Å². The highest BCUT2D eigenvalue weighted by Gasteiger charge is 2.27. The van der Waals surface area contributed by atoms with Gasteiger partial charge in [-0.1, -0.05) is 51.8 Å². The molecule has 156 valence electrons. The molecule has 1 amide bonds. The third kappa shape index (κ3) is 5.92. The van der Waals surface area contributed by atoms with Gasteiger partial charge in [0, 0.05) is 20.5 Å². The number of para-hydroxylation sites is 1. The van der Waals surface area contributed by atoms with Gasteiger partial charge in [-0.3, -0.25) is 4.79 Å². The number of carbonyl (C=O) groups is 1. The van der Waals surface area contributed by atoms with E-state index in [0.717, 1.165) is 14.3 Å². The van der Waals surface area contributed by atoms with Crippen LogP contribution < -0.4 is 5.32 Å². The Morgan fingerprint density at radius 2 is 1.57 bits per heavy atom. The Labute approximate surface area is 197 Å². The molecule has 0 fully saturated rings. The topological polar surface area (TPSA) is 66.5 Å². The molecule has 0 saturated carbocycles. The second kappa shape index (κ2) is 10.1. The van der Waals surface area contributed by atoms with Crippen LogP contribution in [0.4, 0.5) is 5.69 Å². The number of benzene rings is 3. The van der Waals surface area contributed by atoms with Crippen molar-refractivity contribution in [1.29, 1.82) is 0 Å². The molecule has 5 nitrogen and oxygen atoms in total. The molecule has 0 aliphatic carbocycles. The summed E-state index contributed by atoms with van der Waals surface area (Å²) in [6, 6.07) is 20.3. The van der Waals surface area contributed by atoms with Gasteiger partial charge in [0.2, 0.25) is 15.9 Å². The Morgan fingerprint density at radius 1 is 0.933 bits per heavy atom. The maximum absolute atomic E-state index is 13.3. The molecule has 30 heavy (non-hydrogen) atoms. The van der Waals surface area contributed by atoms with Crippen molar-refractivity contribution in [2.24, 2.45) is 0 Å². The van der Waals surface area contributed by atoms with E-state index in [0.29, 0.717) is 15.2 Å². The predicted molar refractivity (Wildman–Crippen MR) is 126 cm³/mol. The van der Waals surface area contributed by atoms with Gasteiger partial charge in [0.15, 0.2) is 0 Å². The fourth-order valence-electron chi connectivity index (χ4n) is 2.69. The number of rotatable bonds is 7. The van der Waals surface area contributed by atoms with Crippen LogP contribution in [0.15, 0.2) is 86.6 Å². The highest BCUT2D eigenvalue weighted by atomic mass is 79.9. The number of anilines is 1. The van der Waals surface area contributed by atoms with Crippen LogP contribution in [0.5, 0.6) is 0 Å². The highest BCUT2D eigenvalue weighted by Crippen LogP contribution is 2.23. The summed E-state index contributed by atoms with van der Waals surface area (Å²) in [5, 5.41) is 3.18. The summed E-state index contributed by atoms with van der Waals surface area (Å²) in [5.41, 5.74) is 1.32. The molecule has 3 aromatic carbocycles. The monoisotopic (exact) mass is 570 g/mol. The van der Waals surface area contributed by atoms with Gasteiger partial charge in [-0.2, -0.15) is 4.31 Å². The third-order valence-corrected chi connectivity index (χ3v) is 7.47. The molecule has 0 radical (unpaired) electrons. The van der Waals surface area contributed by atoms with Crippen molar-refractivity contribution in [3.05, 3.63) is 92.3 Å². The Hall–Kier alpha value is -1.71. The SMILES string of the molecule is O=C(CN(Cc1ccc(Br)cc1)S(=O)(=O)c1ccc(Cl)cc1)Nc1ccccc1Br. The zero-order valence-corrected chi connectivity index (χ0v) is 20.3. The zero-order valence-electron chi connectivity index (χ0n) is 15.6. The number of carbonyl (C=O) groups excluding carboxylic acids is 1. The molecule has 9 heteroatoms. The minimum atomic E-state index is -3.93. The molecule has 0 aliphatic heterocycles. The lowest BCUT2D eigenvalue weighted by molar-refractivity contribution is -0.116. The van der Waals surface area contributed by atoms with E-state index < -0.39 is 15.9 Å². The summed E-state index contributed by atoms with van der Waals surface area (Å²) >= 11 is 12.6. The maximum atomic E-state index is 13.3.